The quantitative estimate of drug-likeness (QED) is 0.881. The molecule has 0 bridgehead atoms. The summed E-state index contributed by atoms with van der Waals surface area (Å²) in [6, 6.07) is 18.1. The molecule has 24 heavy (non-hydrogen) atoms. The highest BCUT2D eigenvalue weighted by Gasteiger charge is 2.64. The summed E-state index contributed by atoms with van der Waals surface area (Å²) in [5.41, 5.74) is 0.273. The Morgan fingerprint density at radius 1 is 1.00 bits per heavy atom. The summed E-state index contributed by atoms with van der Waals surface area (Å²) in [5, 5.41) is 10.6. The lowest BCUT2D eigenvalue weighted by Gasteiger charge is -2.31. The third-order valence-electron chi connectivity index (χ3n) is 4.99. The van der Waals surface area contributed by atoms with Crippen LogP contribution in [0.15, 0.2) is 60.7 Å². The van der Waals surface area contributed by atoms with Gasteiger partial charge >= 0.3 is 6.03 Å². The summed E-state index contributed by atoms with van der Waals surface area (Å²) in [6.45, 7) is 0.391. The summed E-state index contributed by atoms with van der Waals surface area (Å²) in [7, 11) is 0. The van der Waals surface area contributed by atoms with Gasteiger partial charge in [0.25, 0.3) is 5.91 Å². The highest BCUT2D eigenvalue weighted by Crippen LogP contribution is 2.42. The van der Waals surface area contributed by atoms with Gasteiger partial charge < -0.3 is 10.0 Å². The number of benzene rings is 2. The van der Waals surface area contributed by atoms with Crippen LogP contribution in [0.5, 0.6) is 0 Å². The Morgan fingerprint density at radius 2 is 1.62 bits per heavy atom. The molecule has 5 nitrogen and oxygen atoms in total. The summed E-state index contributed by atoms with van der Waals surface area (Å²) < 4.78 is 0. The minimum absolute atomic E-state index is 0.322. The molecule has 3 amide bonds. The van der Waals surface area contributed by atoms with Crippen LogP contribution in [-0.4, -0.2) is 40.1 Å². The highest BCUT2D eigenvalue weighted by molar-refractivity contribution is 6.24. The highest BCUT2D eigenvalue weighted by atomic mass is 16.3. The van der Waals surface area contributed by atoms with Crippen LogP contribution in [0.25, 0.3) is 0 Å². The van der Waals surface area contributed by atoms with E-state index in [-0.39, 0.29) is 11.9 Å². The van der Waals surface area contributed by atoms with Gasteiger partial charge in [-0.15, -0.1) is 0 Å². The van der Waals surface area contributed by atoms with Gasteiger partial charge in [-0.2, -0.15) is 0 Å². The molecule has 2 atom stereocenters. The van der Waals surface area contributed by atoms with Crippen molar-refractivity contribution < 1.29 is 14.7 Å². The van der Waals surface area contributed by atoms with E-state index in [1.165, 1.54) is 4.90 Å². The van der Waals surface area contributed by atoms with Gasteiger partial charge in [-0.3, -0.25) is 4.79 Å². The molecule has 2 unspecified atom stereocenters. The molecule has 2 aromatic rings. The van der Waals surface area contributed by atoms with Crippen molar-refractivity contribution in [3.63, 3.8) is 0 Å². The van der Waals surface area contributed by atoms with E-state index in [1.54, 1.807) is 29.2 Å². The first-order chi connectivity index (χ1) is 11.6. The van der Waals surface area contributed by atoms with Crippen LogP contribution >= 0.6 is 0 Å². The molecule has 0 spiro atoms. The number of rotatable bonds is 3. The number of para-hydroxylation sites is 1. The van der Waals surface area contributed by atoms with Crippen molar-refractivity contribution in [1.29, 1.82) is 0 Å². The fourth-order valence-electron chi connectivity index (χ4n) is 3.80. The van der Waals surface area contributed by atoms with Crippen molar-refractivity contribution in [1.82, 2.24) is 4.90 Å². The maximum absolute atomic E-state index is 13.2. The van der Waals surface area contributed by atoms with Gasteiger partial charge in [-0.25, -0.2) is 9.69 Å². The number of aliphatic hydroxyl groups excluding tert-OH is 1. The third-order valence-corrected chi connectivity index (χ3v) is 4.99. The Hall–Kier alpha value is -2.66. The first kappa shape index (κ1) is 14.9. The number of carbonyl (C=O) groups excluding carboxylic acids is 2. The second-order valence-corrected chi connectivity index (χ2v) is 6.30. The molecule has 4 rings (SSSR count). The number of carbonyl (C=O) groups is 2. The van der Waals surface area contributed by atoms with Gasteiger partial charge in [0.1, 0.15) is 0 Å². The second kappa shape index (κ2) is 5.46. The number of anilines is 1. The van der Waals surface area contributed by atoms with E-state index in [0.29, 0.717) is 25.1 Å². The number of hydrogen-bond donors (Lipinski definition) is 1. The molecule has 0 saturated carbocycles. The molecule has 2 fully saturated rings. The third kappa shape index (κ3) is 1.98. The van der Waals surface area contributed by atoms with Gasteiger partial charge in [0.2, 0.25) is 0 Å². The average molecular weight is 322 g/mol. The van der Waals surface area contributed by atoms with Crippen LogP contribution in [0.3, 0.4) is 0 Å². The zero-order valence-corrected chi connectivity index (χ0v) is 13.1. The number of imide groups is 1. The summed E-state index contributed by atoms with van der Waals surface area (Å²) in [5.74, 6) is -0.340. The Labute approximate surface area is 140 Å². The molecule has 2 aliphatic heterocycles. The monoisotopic (exact) mass is 322 g/mol. The van der Waals surface area contributed by atoms with E-state index in [9.17, 15) is 14.7 Å². The molecule has 1 N–H and O–H groups in total. The fraction of sp³-hybridized carbons (Fsp3) is 0.263. The number of hydrogen-bond acceptors (Lipinski definition) is 3. The molecular formula is C19H18N2O3. The maximum Gasteiger partial charge on any atom is 0.332 e. The van der Waals surface area contributed by atoms with Gasteiger partial charge in [-0.1, -0.05) is 48.5 Å². The number of urea groups is 1. The van der Waals surface area contributed by atoms with Crippen LogP contribution in [0.4, 0.5) is 10.5 Å². The molecule has 5 heteroatoms. The molecule has 122 valence electrons. The number of amides is 3. The van der Waals surface area contributed by atoms with Crippen molar-refractivity contribution in [3.05, 3.63) is 66.2 Å². The van der Waals surface area contributed by atoms with E-state index in [4.69, 9.17) is 0 Å². The smallest absolute Gasteiger partial charge is 0.332 e. The SMILES string of the molecule is O=C1N(c2ccccc2)C(=O)C2(Cc3ccccc3)C(O)CCN12. The minimum atomic E-state index is -1.20. The van der Waals surface area contributed by atoms with E-state index in [1.807, 2.05) is 36.4 Å². The average Bonchev–Trinajstić information content (AvgIpc) is 3.04. The Bertz CT molecular complexity index is 778. The first-order valence-corrected chi connectivity index (χ1v) is 8.08. The van der Waals surface area contributed by atoms with E-state index < -0.39 is 11.6 Å². The van der Waals surface area contributed by atoms with Crippen LogP contribution < -0.4 is 4.90 Å². The van der Waals surface area contributed by atoms with Gasteiger partial charge in [0, 0.05) is 13.0 Å². The van der Waals surface area contributed by atoms with E-state index in [0.717, 1.165) is 5.56 Å². The van der Waals surface area contributed by atoms with Gasteiger partial charge in [0.05, 0.1) is 11.8 Å². The van der Waals surface area contributed by atoms with Crippen LogP contribution in [0.1, 0.15) is 12.0 Å². The lowest BCUT2D eigenvalue weighted by molar-refractivity contribution is -0.127. The largest absolute Gasteiger partial charge is 0.390 e. The predicted molar refractivity (Wildman–Crippen MR) is 89.5 cm³/mol. The summed E-state index contributed by atoms with van der Waals surface area (Å²) in [6.07, 6.45) is -0.113. The van der Waals surface area contributed by atoms with Crippen molar-refractivity contribution in [2.24, 2.45) is 0 Å². The molecule has 2 heterocycles. The predicted octanol–water partition coefficient (Wildman–Crippen LogP) is 2.20. The van der Waals surface area contributed by atoms with E-state index in [2.05, 4.69) is 0 Å². The Morgan fingerprint density at radius 3 is 2.29 bits per heavy atom. The van der Waals surface area contributed by atoms with Crippen LogP contribution in [0.2, 0.25) is 0 Å². The Kier molecular flexibility index (Phi) is 3.39. The normalized spacial score (nSPS) is 26.1. The lowest BCUT2D eigenvalue weighted by Crippen LogP contribution is -2.54. The minimum Gasteiger partial charge on any atom is -0.390 e. The van der Waals surface area contributed by atoms with Gasteiger partial charge in [-0.05, 0) is 24.1 Å². The molecule has 0 radical (unpaired) electrons. The van der Waals surface area contributed by atoms with Crippen molar-refractivity contribution in [3.8, 4) is 0 Å². The topological polar surface area (TPSA) is 60.9 Å². The molecule has 2 aliphatic rings. The maximum atomic E-state index is 13.2. The molecule has 0 aliphatic carbocycles. The molecule has 2 saturated heterocycles. The van der Waals surface area contributed by atoms with Crippen LogP contribution in [-0.2, 0) is 11.2 Å². The second-order valence-electron chi connectivity index (χ2n) is 6.30. The number of nitrogens with zero attached hydrogens (tertiary/aromatic N) is 2. The van der Waals surface area contributed by atoms with Crippen molar-refractivity contribution in [2.75, 3.05) is 11.4 Å². The lowest BCUT2D eigenvalue weighted by atomic mass is 9.86. The zero-order chi connectivity index (χ0) is 16.7. The van der Waals surface area contributed by atoms with Gasteiger partial charge in [0.15, 0.2) is 5.54 Å². The fourth-order valence-corrected chi connectivity index (χ4v) is 3.80. The first-order valence-electron chi connectivity index (χ1n) is 8.08. The molecule has 2 aromatic carbocycles. The standard InChI is InChI=1S/C19H18N2O3/c22-16-11-12-20-18(24)21(15-9-5-2-6-10-15)17(23)19(16,20)13-14-7-3-1-4-8-14/h1-10,16,22H,11-13H2. The van der Waals surface area contributed by atoms with Crippen LogP contribution in [0, 0.1) is 0 Å². The van der Waals surface area contributed by atoms with E-state index >= 15 is 0 Å². The summed E-state index contributed by atoms with van der Waals surface area (Å²) >= 11 is 0. The number of aliphatic hydroxyl groups is 1. The van der Waals surface area contributed by atoms with Crippen molar-refractivity contribution >= 4 is 17.6 Å². The van der Waals surface area contributed by atoms with Crippen molar-refractivity contribution in [2.45, 2.75) is 24.5 Å². The Balaban J connectivity index is 1.78. The zero-order valence-electron chi connectivity index (χ0n) is 13.1. The number of fused-ring (bicyclic) bond motifs is 1. The molecule has 0 aromatic heterocycles. The molecular weight excluding hydrogens is 304 g/mol. The summed E-state index contributed by atoms with van der Waals surface area (Å²) in [4.78, 5) is 28.8.